The first kappa shape index (κ1) is 17.0. The van der Waals surface area contributed by atoms with Crippen molar-refractivity contribution in [2.75, 3.05) is 0 Å². The zero-order valence-corrected chi connectivity index (χ0v) is 16.5. The molecule has 1 atom stereocenters. The molecule has 0 bridgehead atoms. The molecule has 3 aromatic rings. The Bertz CT molecular complexity index is 958. The lowest BCUT2D eigenvalue weighted by Gasteiger charge is -2.30. The molecule has 1 unspecified atom stereocenters. The van der Waals surface area contributed by atoms with Crippen molar-refractivity contribution in [2.24, 2.45) is 0 Å². The van der Waals surface area contributed by atoms with E-state index in [-0.39, 0.29) is 18.0 Å². The van der Waals surface area contributed by atoms with Gasteiger partial charge in [-0.15, -0.1) is 0 Å². The van der Waals surface area contributed by atoms with Gasteiger partial charge in [-0.1, -0.05) is 57.9 Å². The van der Waals surface area contributed by atoms with Gasteiger partial charge in [-0.25, -0.2) is 0 Å². The quantitative estimate of drug-likeness (QED) is 0.653. The van der Waals surface area contributed by atoms with E-state index in [9.17, 15) is 4.79 Å². The number of hydrogen-bond acceptors (Lipinski definition) is 2. The SMILES string of the molecule is Cc1ccc(-c2n[nH]c3c2C(c2ccc(Br)cc2)N(C(C)C)C3=O)cc1. The summed E-state index contributed by atoms with van der Waals surface area (Å²) in [5.41, 5.74) is 5.73. The minimum Gasteiger partial charge on any atom is -0.324 e. The summed E-state index contributed by atoms with van der Waals surface area (Å²) in [7, 11) is 0. The second kappa shape index (κ2) is 6.40. The lowest BCUT2D eigenvalue weighted by atomic mass is 9.95. The van der Waals surface area contributed by atoms with Crippen LogP contribution in [0.15, 0.2) is 53.0 Å². The number of aryl methyl sites for hydroxylation is 1. The lowest BCUT2D eigenvalue weighted by Crippen LogP contribution is -2.35. The monoisotopic (exact) mass is 409 g/mol. The van der Waals surface area contributed by atoms with E-state index in [0.29, 0.717) is 5.69 Å². The van der Waals surface area contributed by atoms with Crippen LogP contribution in [0.3, 0.4) is 0 Å². The smallest absolute Gasteiger partial charge is 0.273 e. The van der Waals surface area contributed by atoms with Crippen molar-refractivity contribution in [3.05, 3.63) is 75.4 Å². The summed E-state index contributed by atoms with van der Waals surface area (Å²) in [6.07, 6.45) is 0. The Morgan fingerprint density at radius 1 is 1.08 bits per heavy atom. The molecule has 1 amide bonds. The van der Waals surface area contributed by atoms with Crippen molar-refractivity contribution >= 4 is 21.8 Å². The Balaban J connectivity index is 1.90. The molecule has 2 heterocycles. The van der Waals surface area contributed by atoms with Crippen LogP contribution < -0.4 is 0 Å². The van der Waals surface area contributed by atoms with Gasteiger partial charge in [0.15, 0.2) is 0 Å². The Morgan fingerprint density at radius 3 is 2.35 bits per heavy atom. The molecule has 0 aliphatic carbocycles. The minimum atomic E-state index is -0.138. The summed E-state index contributed by atoms with van der Waals surface area (Å²) in [5.74, 6) is 0.00813. The molecule has 0 fully saturated rings. The van der Waals surface area contributed by atoms with Gasteiger partial charge < -0.3 is 4.90 Å². The largest absolute Gasteiger partial charge is 0.324 e. The predicted molar refractivity (Wildman–Crippen MR) is 106 cm³/mol. The highest BCUT2D eigenvalue weighted by Gasteiger charge is 2.43. The Morgan fingerprint density at radius 2 is 1.73 bits per heavy atom. The number of benzene rings is 2. The highest BCUT2D eigenvalue weighted by Crippen LogP contribution is 2.43. The molecule has 0 saturated carbocycles. The van der Waals surface area contributed by atoms with E-state index in [1.165, 1.54) is 5.56 Å². The van der Waals surface area contributed by atoms with Gasteiger partial charge in [-0.3, -0.25) is 9.89 Å². The van der Waals surface area contributed by atoms with E-state index in [4.69, 9.17) is 0 Å². The van der Waals surface area contributed by atoms with Crippen molar-refractivity contribution in [1.29, 1.82) is 0 Å². The Labute approximate surface area is 161 Å². The number of carbonyl (C=O) groups excluding carboxylic acids is 1. The second-order valence-corrected chi connectivity index (χ2v) is 7.90. The number of rotatable bonds is 3. The third-order valence-electron chi connectivity index (χ3n) is 4.87. The summed E-state index contributed by atoms with van der Waals surface area (Å²) in [4.78, 5) is 15.0. The van der Waals surface area contributed by atoms with E-state index in [0.717, 1.165) is 26.9 Å². The molecular weight excluding hydrogens is 390 g/mol. The number of nitrogens with one attached hydrogen (secondary N) is 1. The van der Waals surface area contributed by atoms with Crippen molar-refractivity contribution in [3.8, 4) is 11.3 Å². The van der Waals surface area contributed by atoms with Gasteiger partial charge in [0.2, 0.25) is 0 Å². The fourth-order valence-electron chi connectivity index (χ4n) is 3.60. The highest BCUT2D eigenvalue weighted by molar-refractivity contribution is 9.10. The fourth-order valence-corrected chi connectivity index (χ4v) is 3.87. The van der Waals surface area contributed by atoms with Crippen LogP contribution in [0.1, 0.15) is 47.1 Å². The molecule has 4 nitrogen and oxygen atoms in total. The average Bonchev–Trinajstić information content (AvgIpc) is 3.16. The Hall–Kier alpha value is -2.40. The maximum Gasteiger partial charge on any atom is 0.273 e. The first-order valence-corrected chi connectivity index (χ1v) is 9.50. The van der Waals surface area contributed by atoms with E-state index >= 15 is 0 Å². The molecule has 1 aliphatic heterocycles. The maximum atomic E-state index is 13.0. The van der Waals surface area contributed by atoms with Gasteiger partial charge >= 0.3 is 0 Å². The molecular formula is C21H20BrN3O. The third-order valence-corrected chi connectivity index (χ3v) is 5.40. The molecule has 132 valence electrons. The van der Waals surface area contributed by atoms with Gasteiger partial charge in [-0.2, -0.15) is 5.10 Å². The van der Waals surface area contributed by atoms with Gasteiger partial charge in [0.25, 0.3) is 5.91 Å². The van der Waals surface area contributed by atoms with Crippen LogP contribution in [0.2, 0.25) is 0 Å². The number of H-pyrrole nitrogens is 1. The number of carbonyl (C=O) groups is 1. The van der Waals surface area contributed by atoms with Gasteiger partial charge in [0.05, 0.1) is 11.7 Å². The zero-order valence-electron chi connectivity index (χ0n) is 15.0. The summed E-state index contributed by atoms with van der Waals surface area (Å²) in [6, 6.07) is 16.4. The van der Waals surface area contributed by atoms with Crippen LogP contribution in [-0.2, 0) is 0 Å². The number of hydrogen-bond donors (Lipinski definition) is 1. The van der Waals surface area contributed by atoms with E-state index in [1.54, 1.807) is 0 Å². The second-order valence-electron chi connectivity index (χ2n) is 6.99. The van der Waals surface area contributed by atoms with Crippen molar-refractivity contribution in [1.82, 2.24) is 15.1 Å². The van der Waals surface area contributed by atoms with E-state index < -0.39 is 0 Å². The molecule has 4 rings (SSSR count). The van der Waals surface area contributed by atoms with Crippen LogP contribution >= 0.6 is 15.9 Å². The number of nitrogens with zero attached hydrogens (tertiary/aromatic N) is 2. The molecule has 2 aromatic carbocycles. The normalized spacial score (nSPS) is 16.4. The molecule has 1 aliphatic rings. The number of aromatic nitrogens is 2. The molecule has 0 spiro atoms. The molecule has 0 radical (unpaired) electrons. The van der Waals surface area contributed by atoms with E-state index in [1.807, 2.05) is 17.0 Å². The lowest BCUT2D eigenvalue weighted by molar-refractivity contribution is 0.0688. The topological polar surface area (TPSA) is 49.0 Å². The number of amides is 1. The number of fused-ring (bicyclic) bond motifs is 1. The van der Waals surface area contributed by atoms with Crippen molar-refractivity contribution in [2.45, 2.75) is 32.9 Å². The molecule has 0 saturated heterocycles. The zero-order chi connectivity index (χ0) is 18.4. The van der Waals surface area contributed by atoms with Gasteiger partial charge in [-0.05, 0) is 38.5 Å². The summed E-state index contributed by atoms with van der Waals surface area (Å²) >= 11 is 3.49. The number of halogens is 1. The minimum absolute atomic E-state index is 0.00813. The van der Waals surface area contributed by atoms with Crippen molar-refractivity contribution < 1.29 is 4.79 Å². The molecule has 5 heteroatoms. The summed E-state index contributed by atoms with van der Waals surface area (Å²) < 4.78 is 1.02. The Kier molecular flexibility index (Phi) is 4.19. The first-order chi connectivity index (χ1) is 12.5. The summed E-state index contributed by atoms with van der Waals surface area (Å²) in [5, 5.41) is 7.49. The van der Waals surface area contributed by atoms with Crippen LogP contribution in [0.4, 0.5) is 0 Å². The van der Waals surface area contributed by atoms with Gasteiger partial charge in [0, 0.05) is 21.6 Å². The summed E-state index contributed by atoms with van der Waals surface area (Å²) in [6.45, 7) is 6.16. The molecule has 26 heavy (non-hydrogen) atoms. The first-order valence-electron chi connectivity index (χ1n) is 8.71. The standard InChI is InChI=1S/C21H20BrN3O/c1-12(2)25-20(15-8-10-16(22)11-9-15)17-18(23-24-19(17)21(25)26)14-6-4-13(3)5-7-14/h4-12,20H,1-3H3,(H,23,24). The number of aromatic amines is 1. The maximum absolute atomic E-state index is 13.0. The van der Waals surface area contributed by atoms with E-state index in [2.05, 4.69) is 83.3 Å². The average molecular weight is 410 g/mol. The molecule has 1 N–H and O–H groups in total. The van der Waals surface area contributed by atoms with Gasteiger partial charge in [0.1, 0.15) is 5.69 Å². The molecule has 1 aromatic heterocycles. The highest BCUT2D eigenvalue weighted by atomic mass is 79.9. The predicted octanol–water partition coefficient (Wildman–Crippen LogP) is 5.10. The van der Waals surface area contributed by atoms with Crippen LogP contribution in [0.5, 0.6) is 0 Å². The third kappa shape index (κ3) is 2.67. The van der Waals surface area contributed by atoms with Crippen LogP contribution in [0, 0.1) is 6.92 Å². The van der Waals surface area contributed by atoms with Crippen LogP contribution in [-0.4, -0.2) is 27.0 Å². The van der Waals surface area contributed by atoms with Crippen LogP contribution in [0.25, 0.3) is 11.3 Å². The van der Waals surface area contributed by atoms with Crippen molar-refractivity contribution in [3.63, 3.8) is 0 Å². The fraction of sp³-hybridized carbons (Fsp3) is 0.238.